The number of piperazine rings is 1. The highest BCUT2D eigenvalue weighted by molar-refractivity contribution is 9.11. The fraction of sp³-hybridized carbons (Fsp3) is 0.286. The Hall–Kier alpha value is -2.70. The van der Waals surface area contributed by atoms with Gasteiger partial charge in [-0.15, -0.1) is 0 Å². The molecule has 0 aliphatic carbocycles. The predicted molar refractivity (Wildman–Crippen MR) is 134 cm³/mol. The fourth-order valence-electron chi connectivity index (χ4n) is 3.84. The number of aromatic hydroxyl groups is 1. The van der Waals surface area contributed by atoms with E-state index >= 15 is 0 Å². The minimum absolute atomic E-state index is 0.00532. The number of nitrogens with zero attached hydrogens (tertiary/aromatic N) is 7. The lowest BCUT2D eigenvalue weighted by Gasteiger charge is -2.34. The monoisotopic (exact) mass is 609 g/mol. The summed E-state index contributed by atoms with van der Waals surface area (Å²) in [6.45, 7) is 2.02. The number of hydrogen-bond acceptors (Lipinski definition) is 8. The summed E-state index contributed by atoms with van der Waals surface area (Å²) in [5.41, 5.74) is 2.29. The number of aryl methyl sites for hydroxylation is 1. The van der Waals surface area contributed by atoms with Crippen LogP contribution in [0.2, 0.25) is 5.28 Å². The van der Waals surface area contributed by atoms with Crippen LogP contribution < -0.4 is 4.90 Å². The molecule has 1 aromatic carbocycles. The van der Waals surface area contributed by atoms with Crippen LogP contribution in [0, 0.1) is 0 Å². The normalized spacial score (nSPS) is 14.2. The van der Waals surface area contributed by atoms with Crippen molar-refractivity contribution in [3.8, 4) is 5.75 Å². The number of carbonyl (C=O) groups is 1. The van der Waals surface area contributed by atoms with Crippen LogP contribution >= 0.6 is 43.5 Å². The minimum atomic E-state index is -0.426. The van der Waals surface area contributed by atoms with Gasteiger partial charge in [0.15, 0.2) is 22.7 Å². The Morgan fingerprint density at radius 2 is 1.88 bits per heavy atom. The van der Waals surface area contributed by atoms with Crippen LogP contribution in [0.1, 0.15) is 5.69 Å². The SMILES string of the molecule is Cn1cnc2c(N3CCN(C(=O)OCc4ccc5c(Br)cc(Br)c(O)c5n4)CC3)nc(Cl)nc21. The molecule has 0 unspecified atom stereocenters. The van der Waals surface area contributed by atoms with Crippen LogP contribution in [0.15, 0.2) is 33.5 Å². The summed E-state index contributed by atoms with van der Waals surface area (Å²) < 4.78 is 8.61. The molecule has 1 N–H and O–H groups in total. The second-order valence-electron chi connectivity index (χ2n) is 7.76. The number of hydrogen-bond donors (Lipinski definition) is 1. The van der Waals surface area contributed by atoms with Crippen molar-refractivity contribution >= 4 is 77.4 Å². The molecule has 13 heteroatoms. The van der Waals surface area contributed by atoms with E-state index in [0.29, 0.717) is 58.8 Å². The standard InChI is InChI=1S/C21H18Br2ClN7O3/c1-29-10-25-16-18(29)27-20(24)28-19(16)30-4-6-31(7-5-30)21(33)34-9-11-2-3-12-13(22)8-14(23)17(32)15(12)26-11/h2-3,8,10,32H,4-7,9H2,1H3. The molecular weight excluding hydrogens is 594 g/mol. The van der Waals surface area contributed by atoms with Gasteiger partial charge in [0.05, 0.1) is 16.5 Å². The number of aromatic nitrogens is 5. The highest BCUT2D eigenvalue weighted by Crippen LogP contribution is 2.36. The van der Waals surface area contributed by atoms with E-state index in [1.807, 2.05) is 18.0 Å². The van der Waals surface area contributed by atoms with Crippen LogP contribution in [0.4, 0.5) is 10.6 Å². The minimum Gasteiger partial charge on any atom is -0.505 e. The first kappa shape index (κ1) is 23.1. The van der Waals surface area contributed by atoms with E-state index < -0.39 is 6.09 Å². The number of phenols is 1. The van der Waals surface area contributed by atoms with Crippen LogP contribution in [-0.4, -0.2) is 66.8 Å². The molecule has 0 saturated carbocycles. The molecule has 1 amide bonds. The van der Waals surface area contributed by atoms with Crippen LogP contribution in [0.25, 0.3) is 22.1 Å². The van der Waals surface area contributed by atoms with Crippen molar-refractivity contribution in [1.82, 2.24) is 29.4 Å². The van der Waals surface area contributed by atoms with Crippen LogP contribution in [-0.2, 0) is 18.4 Å². The first-order valence-corrected chi connectivity index (χ1v) is 12.3. The smallest absolute Gasteiger partial charge is 0.410 e. The largest absolute Gasteiger partial charge is 0.505 e. The van der Waals surface area contributed by atoms with Gasteiger partial charge in [-0.3, -0.25) is 0 Å². The van der Waals surface area contributed by atoms with E-state index in [-0.39, 0.29) is 17.6 Å². The predicted octanol–water partition coefficient (Wildman–Crippen LogP) is 4.25. The van der Waals surface area contributed by atoms with Gasteiger partial charge in [-0.25, -0.2) is 14.8 Å². The van der Waals surface area contributed by atoms with Gasteiger partial charge >= 0.3 is 6.09 Å². The van der Waals surface area contributed by atoms with E-state index in [1.165, 1.54) is 0 Å². The summed E-state index contributed by atoms with van der Waals surface area (Å²) in [5, 5.41) is 11.2. The Labute approximate surface area is 215 Å². The summed E-state index contributed by atoms with van der Waals surface area (Å²) in [5.74, 6) is 0.690. The Bertz CT molecular complexity index is 1420. The molecular formula is C21H18Br2ClN7O3. The van der Waals surface area contributed by atoms with Crippen molar-refractivity contribution in [2.24, 2.45) is 7.05 Å². The summed E-state index contributed by atoms with van der Waals surface area (Å²) in [4.78, 5) is 33.8. The Kier molecular flexibility index (Phi) is 6.21. The van der Waals surface area contributed by atoms with Gasteiger partial charge in [0.1, 0.15) is 12.1 Å². The van der Waals surface area contributed by atoms with Crippen molar-refractivity contribution in [3.05, 3.63) is 44.4 Å². The number of ether oxygens (including phenoxy) is 1. The number of fused-ring (bicyclic) bond motifs is 2. The Morgan fingerprint density at radius 1 is 1.12 bits per heavy atom. The zero-order chi connectivity index (χ0) is 24.0. The third-order valence-corrected chi connectivity index (χ3v) is 7.04. The molecule has 0 bridgehead atoms. The molecule has 0 atom stereocenters. The van der Waals surface area contributed by atoms with E-state index in [9.17, 15) is 9.90 Å². The number of amides is 1. The lowest BCUT2D eigenvalue weighted by molar-refractivity contribution is 0.0932. The first-order valence-electron chi connectivity index (χ1n) is 10.3. The number of pyridine rings is 1. The first-order chi connectivity index (χ1) is 16.3. The summed E-state index contributed by atoms with van der Waals surface area (Å²) in [7, 11) is 1.85. The van der Waals surface area contributed by atoms with E-state index in [1.54, 1.807) is 27.9 Å². The van der Waals surface area contributed by atoms with Crippen molar-refractivity contribution in [2.45, 2.75) is 6.61 Å². The molecule has 1 aliphatic heterocycles. The average Bonchev–Trinajstić information content (AvgIpc) is 3.21. The molecule has 4 heterocycles. The van der Waals surface area contributed by atoms with Crippen molar-refractivity contribution in [3.63, 3.8) is 0 Å². The van der Waals surface area contributed by atoms with Gasteiger partial charge in [0, 0.05) is 43.1 Å². The zero-order valence-corrected chi connectivity index (χ0v) is 21.8. The summed E-state index contributed by atoms with van der Waals surface area (Å²) >= 11 is 12.9. The maximum absolute atomic E-state index is 12.7. The fourth-order valence-corrected chi connectivity index (χ4v) is 5.27. The zero-order valence-electron chi connectivity index (χ0n) is 17.9. The van der Waals surface area contributed by atoms with Crippen molar-refractivity contribution in [2.75, 3.05) is 31.1 Å². The van der Waals surface area contributed by atoms with E-state index in [0.717, 1.165) is 9.86 Å². The molecule has 3 aromatic heterocycles. The number of phenolic OH excluding ortho intramolecular Hbond substituents is 1. The van der Waals surface area contributed by atoms with Crippen LogP contribution in [0.3, 0.4) is 0 Å². The summed E-state index contributed by atoms with van der Waals surface area (Å²) in [6, 6.07) is 5.35. The molecule has 1 fully saturated rings. The summed E-state index contributed by atoms with van der Waals surface area (Å²) in [6.07, 6.45) is 1.25. The number of anilines is 1. The quantitative estimate of drug-likeness (QED) is 0.343. The second kappa shape index (κ2) is 9.16. The number of halogens is 3. The number of rotatable bonds is 3. The van der Waals surface area contributed by atoms with Gasteiger partial charge < -0.3 is 24.2 Å². The second-order valence-corrected chi connectivity index (χ2v) is 9.81. The van der Waals surface area contributed by atoms with E-state index in [4.69, 9.17) is 16.3 Å². The topological polar surface area (TPSA) is 110 Å². The molecule has 10 nitrogen and oxygen atoms in total. The highest BCUT2D eigenvalue weighted by Gasteiger charge is 2.26. The molecule has 176 valence electrons. The number of carbonyl (C=O) groups excluding carboxylic acids is 1. The van der Waals surface area contributed by atoms with Gasteiger partial charge in [-0.1, -0.05) is 15.9 Å². The third-order valence-electron chi connectivity index (χ3n) is 5.61. The Balaban J connectivity index is 1.24. The molecule has 0 radical (unpaired) electrons. The molecule has 4 aromatic rings. The Morgan fingerprint density at radius 3 is 2.65 bits per heavy atom. The lowest BCUT2D eigenvalue weighted by atomic mass is 10.2. The van der Waals surface area contributed by atoms with Crippen molar-refractivity contribution in [1.29, 1.82) is 0 Å². The lowest BCUT2D eigenvalue weighted by Crippen LogP contribution is -2.49. The average molecular weight is 612 g/mol. The van der Waals surface area contributed by atoms with Crippen LogP contribution in [0.5, 0.6) is 5.75 Å². The van der Waals surface area contributed by atoms with Gasteiger partial charge in [-0.05, 0) is 45.7 Å². The molecule has 1 saturated heterocycles. The maximum Gasteiger partial charge on any atom is 0.410 e. The van der Waals surface area contributed by atoms with Crippen molar-refractivity contribution < 1.29 is 14.6 Å². The molecule has 5 rings (SSSR count). The third kappa shape index (κ3) is 4.25. The van der Waals surface area contributed by atoms with E-state index in [2.05, 4.69) is 51.8 Å². The maximum atomic E-state index is 12.7. The van der Waals surface area contributed by atoms with Gasteiger partial charge in [0.2, 0.25) is 5.28 Å². The highest BCUT2D eigenvalue weighted by atomic mass is 79.9. The molecule has 34 heavy (non-hydrogen) atoms. The molecule has 1 aliphatic rings. The van der Waals surface area contributed by atoms with Gasteiger partial charge in [-0.2, -0.15) is 9.97 Å². The number of imidazole rings is 1. The number of benzene rings is 1. The molecule has 0 spiro atoms. The van der Waals surface area contributed by atoms with Gasteiger partial charge in [0.25, 0.3) is 0 Å².